The van der Waals surface area contributed by atoms with Crippen LogP contribution in [0.5, 0.6) is 0 Å². The smallest absolute Gasteiger partial charge is 0.272 e. The molecule has 1 unspecified atom stereocenters. The van der Waals surface area contributed by atoms with Crippen molar-refractivity contribution >= 4 is 5.91 Å². The van der Waals surface area contributed by atoms with Crippen molar-refractivity contribution < 1.29 is 9.18 Å². The molecule has 1 atom stereocenters. The summed E-state index contributed by atoms with van der Waals surface area (Å²) in [4.78, 5) is 19.6. The van der Waals surface area contributed by atoms with Gasteiger partial charge in [-0.2, -0.15) is 5.26 Å². The Balaban J connectivity index is 1.96. The van der Waals surface area contributed by atoms with Crippen LogP contribution in [0.25, 0.3) is 0 Å². The van der Waals surface area contributed by atoms with E-state index in [4.69, 9.17) is 5.26 Å². The fourth-order valence-electron chi connectivity index (χ4n) is 2.06. The van der Waals surface area contributed by atoms with E-state index in [9.17, 15) is 9.18 Å². The number of amides is 1. The van der Waals surface area contributed by atoms with Crippen LogP contribution >= 0.6 is 0 Å². The second kappa shape index (κ2) is 5.76. The molecule has 0 saturated carbocycles. The van der Waals surface area contributed by atoms with Crippen molar-refractivity contribution in [1.82, 2.24) is 14.8 Å². The maximum atomic E-state index is 12.7. The minimum absolute atomic E-state index is 0.138. The summed E-state index contributed by atoms with van der Waals surface area (Å²) in [6.07, 6.45) is 1.04. The molecule has 0 bridgehead atoms. The summed E-state index contributed by atoms with van der Waals surface area (Å²) in [7, 11) is 0. The number of pyridine rings is 1. The van der Waals surface area contributed by atoms with Gasteiger partial charge in [0.15, 0.2) is 0 Å². The van der Waals surface area contributed by atoms with Crippen molar-refractivity contribution in [3.8, 4) is 6.07 Å². The number of piperazine rings is 1. The van der Waals surface area contributed by atoms with E-state index in [1.807, 2.05) is 11.8 Å². The van der Waals surface area contributed by atoms with E-state index >= 15 is 0 Å². The number of carbonyl (C=O) groups is 1. The lowest BCUT2D eigenvalue weighted by atomic mass is 10.2. The van der Waals surface area contributed by atoms with Gasteiger partial charge in [-0.05, 0) is 19.1 Å². The molecule has 0 spiro atoms. The highest BCUT2D eigenvalue weighted by Gasteiger charge is 2.25. The second-order valence-corrected chi connectivity index (χ2v) is 4.49. The largest absolute Gasteiger partial charge is 0.335 e. The van der Waals surface area contributed by atoms with Gasteiger partial charge in [-0.15, -0.1) is 0 Å². The zero-order chi connectivity index (χ0) is 13.8. The first-order valence-corrected chi connectivity index (χ1v) is 6.16. The molecule has 1 amide bonds. The molecule has 2 rings (SSSR count). The third kappa shape index (κ3) is 3.06. The Bertz CT molecular complexity index is 488. The van der Waals surface area contributed by atoms with E-state index in [-0.39, 0.29) is 17.6 Å². The van der Waals surface area contributed by atoms with Crippen molar-refractivity contribution in [1.29, 1.82) is 5.26 Å². The Morgan fingerprint density at radius 2 is 2.11 bits per heavy atom. The summed E-state index contributed by atoms with van der Waals surface area (Å²) < 4.78 is 12.7. The molecule has 1 aromatic rings. The van der Waals surface area contributed by atoms with E-state index < -0.39 is 5.82 Å². The number of halogens is 1. The summed E-state index contributed by atoms with van der Waals surface area (Å²) >= 11 is 0. The van der Waals surface area contributed by atoms with Crippen molar-refractivity contribution in [2.75, 3.05) is 26.2 Å². The molecule has 6 heteroatoms. The first-order valence-electron chi connectivity index (χ1n) is 6.16. The van der Waals surface area contributed by atoms with Crippen molar-refractivity contribution in [2.45, 2.75) is 13.0 Å². The van der Waals surface area contributed by atoms with Gasteiger partial charge < -0.3 is 4.90 Å². The average molecular weight is 262 g/mol. The fraction of sp³-hybridized carbons (Fsp3) is 0.462. The number of nitriles is 1. The number of nitrogens with zero attached hydrogens (tertiary/aromatic N) is 4. The highest BCUT2D eigenvalue weighted by Crippen LogP contribution is 2.09. The van der Waals surface area contributed by atoms with Crippen LogP contribution in [-0.4, -0.2) is 52.9 Å². The molecule has 19 heavy (non-hydrogen) atoms. The molecule has 5 nitrogen and oxygen atoms in total. The van der Waals surface area contributed by atoms with Gasteiger partial charge in [-0.25, -0.2) is 9.37 Å². The predicted octanol–water partition coefficient (Wildman–Crippen LogP) is 0.891. The van der Waals surface area contributed by atoms with Gasteiger partial charge >= 0.3 is 0 Å². The predicted molar refractivity (Wildman–Crippen MR) is 66.7 cm³/mol. The third-order valence-electron chi connectivity index (χ3n) is 3.28. The highest BCUT2D eigenvalue weighted by atomic mass is 19.1. The normalized spacial score (nSPS) is 17.8. The molecule has 100 valence electrons. The van der Waals surface area contributed by atoms with Gasteiger partial charge in [0, 0.05) is 26.2 Å². The topological polar surface area (TPSA) is 60.2 Å². The van der Waals surface area contributed by atoms with Crippen LogP contribution in [0.15, 0.2) is 18.3 Å². The monoisotopic (exact) mass is 262 g/mol. The first-order chi connectivity index (χ1) is 9.11. The van der Waals surface area contributed by atoms with Crippen LogP contribution in [0.1, 0.15) is 17.4 Å². The number of hydrogen-bond donors (Lipinski definition) is 0. The SMILES string of the molecule is CC(C#N)N1CCN(C(=O)c2ccc(F)cn2)CC1. The molecule has 0 N–H and O–H groups in total. The van der Waals surface area contributed by atoms with Crippen LogP contribution in [0.2, 0.25) is 0 Å². The van der Waals surface area contributed by atoms with E-state index in [1.54, 1.807) is 4.90 Å². The summed E-state index contributed by atoms with van der Waals surface area (Å²) in [5.41, 5.74) is 0.253. The van der Waals surface area contributed by atoms with Crippen LogP contribution in [-0.2, 0) is 0 Å². The molecule has 1 aromatic heterocycles. The van der Waals surface area contributed by atoms with E-state index in [0.717, 1.165) is 6.20 Å². The quantitative estimate of drug-likeness (QED) is 0.794. The van der Waals surface area contributed by atoms with Gasteiger partial charge in [-0.1, -0.05) is 0 Å². The zero-order valence-electron chi connectivity index (χ0n) is 10.7. The van der Waals surface area contributed by atoms with Gasteiger partial charge in [0.25, 0.3) is 5.91 Å². The number of rotatable bonds is 2. The maximum absolute atomic E-state index is 12.7. The average Bonchev–Trinajstić information content (AvgIpc) is 2.46. The summed E-state index contributed by atoms with van der Waals surface area (Å²) in [5, 5.41) is 8.85. The lowest BCUT2D eigenvalue weighted by Crippen LogP contribution is -2.51. The standard InChI is InChI=1S/C13H15FN4O/c1-10(8-15)17-4-6-18(7-5-17)13(19)12-3-2-11(14)9-16-12/h2-3,9-10H,4-7H2,1H3. The van der Waals surface area contributed by atoms with Gasteiger partial charge in [0.2, 0.25) is 0 Å². The van der Waals surface area contributed by atoms with Crippen molar-refractivity contribution in [2.24, 2.45) is 0 Å². The molecule has 1 saturated heterocycles. The minimum Gasteiger partial charge on any atom is -0.335 e. The van der Waals surface area contributed by atoms with Crippen LogP contribution in [0.3, 0.4) is 0 Å². The first kappa shape index (κ1) is 13.4. The molecule has 0 radical (unpaired) electrons. The Morgan fingerprint density at radius 1 is 1.42 bits per heavy atom. The Morgan fingerprint density at radius 3 is 2.63 bits per heavy atom. The number of carbonyl (C=O) groups excluding carboxylic acids is 1. The zero-order valence-corrected chi connectivity index (χ0v) is 10.7. The van der Waals surface area contributed by atoms with Gasteiger partial charge in [-0.3, -0.25) is 9.69 Å². The lowest BCUT2D eigenvalue weighted by molar-refractivity contribution is 0.0610. The van der Waals surface area contributed by atoms with Gasteiger partial charge in [0.05, 0.1) is 18.3 Å². The van der Waals surface area contributed by atoms with E-state index in [2.05, 4.69) is 11.1 Å². The molecular weight excluding hydrogens is 247 g/mol. The maximum Gasteiger partial charge on any atom is 0.272 e. The highest BCUT2D eigenvalue weighted by molar-refractivity contribution is 5.92. The summed E-state index contributed by atoms with van der Waals surface area (Å²) in [5.74, 6) is -0.645. The van der Waals surface area contributed by atoms with Crippen LogP contribution < -0.4 is 0 Å². The summed E-state index contributed by atoms with van der Waals surface area (Å²) in [6.45, 7) is 4.30. The molecule has 1 aliphatic heterocycles. The van der Waals surface area contributed by atoms with Crippen LogP contribution in [0, 0.1) is 17.1 Å². The number of aromatic nitrogens is 1. The second-order valence-electron chi connectivity index (χ2n) is 4.49. The summed E-state index contributed by atoms with van der Waals surface area (Å²) in [6, 6.07) is 4.67. The van der Waals surface area contributed by atoms with E-state index in [0.29, 0.717) is 26.2 Å². The Labute approximate surface area is 111 Å². The lowest BCUT2D eigenvalue weighted by Gasteiger charge is -2.35. The number of hydrogen-bond acceptors (Lipinski definition) is 4. The van der Waals surface area contributed by atoms with Crippen LogP contribution in [0.4, 0.5) is 4.39 Å². The molecule has 1 fully saturated rings. The molecule has 0 aliphatic carbocycles. The Kier molecular flexibility index (Phi) is 4.07. The minimum atomic E-state index is -0.454. The molecule has 0 aromatic carbocycles. The Hall–Kier alpha value is -2.00. The van der Waals surface area contributed by atoms with Gasteiger partial charge in [0.1, 0.15) is 11.5 Å². The molecular formula is C13H15FN4O. The van der Waals surface area contributed by atoms with Crippen molar-refractivity contribution in [3.05, 3.63) is 29.8 Å². The third-order valence-corrected chi connectivity index (χ3v) is 3.28. The van der Waals surface area contributed by atoms with Crippen molar-refractivity contribution in [3.63, 3.8) is 0 Å². The fourth-order valence-corrected chi connectivity index (χ4v) is 2.06. The molecule has 1 aliphatic rings. The molecule has 2 heterocycles. The van der Waals surface area contributed by atoms with E-state index in [1.165, 1.54) is 12.1 Å².